The highest BCUT2D eigenvalue weighted by Gasteiger charge is 2.28. The summed E-state index contributed by atoms with van der Waals surface area (Å²) in [5.41, 5.74) is 3.95. The maximum Gasteiger partial charge on any atom is 0.123 e. The molecule has 0 N–H and O–H groups in total. The highest BCUT2D eigenvalue weighted by molar-refractivity contribution is 5.70. The van der Waals surface area contributed by atoms with Crippen molar-refractivity contribution in [3.05, 3.63) is 54.1 Å². The van der Waals surface area contributed by atoms with Crippen LogP contribution in [0, 0.1) is 0 Å². The van der Waals surface area contributed by atoms with E-state index >= 15 is 0 Å². The van der Waals surface area contributed by atoms with Gasteiger partial charge in [-0.15, -0.1) is 0 Å². The number of hydrogen-bond donors (Lipinski definition) is 0. The van der Waals surface area contributed by atoms with E-state index in [1.54, 1.807) is 0 Å². The number of ether oxygens (including phenoxy) is 1. The van der Waals surface area contributed by atoms with Crippen molar-refractivity contribution < 1.29 is 4.74 Å². The van der Waals surface area contributed by atoms with E-state index in [-0.39, 0.29) is 0 Å². The van der Waals surface area contributed by atoms with E-state index in [4.69, 9.17) is 4.74 Å². The molecule has 0 aromatic heterocycles. The van der Waals surface area contributed by atoms with Crippen LogP contribution in [0.3, 0.4) is 0 Å². The van der Waals surface area contributed by atoms with E-state index in [9.17, 15) is 0 Å². The highest BCUT2D eigenvalue weighted by atomic mass is 16.5. The zero-order valence-corrected chi connectivity index (χ0v) is 14.5. The molecule has 23 heavy (non-hydrogen) atoms. The number of hydrogen-bond acceptors (Lipinski definition) is 2. The van der Waals surface area contributed by atoms with Gasteiger partial charge in [0, 0.05) is 17.6 Å². The molecule has 2 aromatic carbocycles. The zero-order valence-electron chi connectivity index (χ0n) is 14.5. The van der Waals surface area contributed by atoms with Crippen LogP contribution in [-0.4, -0.2) is 30.1 Å². The van der Waals surface area contributed by atoms with Gasteiger partial charge in [0.15, 0.2) is 0 Å². The van der Waals surface area contributed by atoms with Gasteiger partial charge in [-0.2, -0.15) is 0 Å². The third-order valence-electron chi connectivity index (χ3n) is 4.70. The number of benzene rings is 2. The van der Waals surface area contributed by atoms with Crippen LogP contribution in [0.5, 0.6) is 5.75 Å². The van der Waals surface area contributed by atoms with Gasteiger partial charge in [-0.1, -0.05) is 49.4 Å². The summed E-state index contributed by atoms with van der Waals surface area (Å²) in [6, 6.07) is 18.1. The van der Waals surface area contributed by atoms with Gasteiger partial charge in [-0.25, -0.2) is 0 Å². The second kappa shape index (κ2) is 7.18. The SMILES string of the molecule is CCCN(C(C)C)C1COc2cccc(-c3ccccc3)c2C1. The molecule has 0 fully saturated rings. The molecule has 1 atom stereocenters. The Morgan fingerprint density at radius 1 is 1.09 bits per heavy atom. The van der Waals surface area contributed by atoms with Crippen LogP contribution in [0.4, 0.5) is 0 Å². The van der Waals surface area contributed by atoms with Crippen LogP contribution < -0.4 is 4.74 Å². The lowest BCUT2D eigenvalue weighted by Crippen LogP contribution is -2.47. The van der Waals surface area contributed by atoms with Crippen LogP contribution in [-0.2, 0) is 6.42 Å². The van der Waals surface area contributed by atoms with Crippen LogP contribution in [0.2, 0.25) is 0 Å². The molecule has 0 amide bonds. The molecule has 1 unspecified atom stereocenters. The number of fused-ring (bicyclic) bond motifs is 1. The Hall–Kier alpha value is -1.80. The second-order valence-corrected chi connectivity index (χ2v) is 6.65. The molecule has 0 aliphatic carbocycles. The van der Waals surface area contributed by atoms with Crippen molar-refractivity contribution in [1.82, 2.24) is 4.90 Å². The van der Waals surface area contributed by atoms with E-state index in [1.807, 2.05) is 0 Å². The molecule has 2 heteroatoms. The van der Waals surface area contributed by atoms with Crippen molar-refractivity contribution >= 4 is 0 Å². The fourth-order valence-corrected chi connectivity index (χ4v) is 3.61. The predicted molar refractivity (Wildman–Crippen MR) is 97.0 cm³/mol. The molecule has 0 saturated heterocycles. The molecular weight excluding hydrogens is 282 g/mol. The summed E-state index contributed by atoms with van der Waals surface area (Å²) < 4.78 is 6.13. The van der Waals surface area contributed by atoms with E-state index in [2.05, 4.69) is 74.2 Å². The summed E-state index contributed by atoms with van der Waals surface area (Å²) in [5.74, 6) is 1.06. The minimum Gasteiger partial charge on any atom is -0.492 e. The average Bonchev–Trinajstić information content (AvgIpc) is 2.59. The topological polar surface area (TPSA) is 12.5 Å². The molecule has 2 aromatic rings. The Balaban J connectivity index is 1.93. The maximum atomic E-state index is 6.13. The van der Waals surface area contributed by atoms with Gasteiger partial charge < -0.3 is 4.74 Å². The van der Waals surface area contributed by atoms with Crippen molar-refractivity contribution in [3.8, 4) is 16.9 Å². The van der Waals surface area contributed by atoms with Crippen LogP contribution in [0.1, 0.15) is 32.8 Å². The fourth-order valence-electron chi connectivity index (χ4n) is 3.61. The first-order chi connectivity index (χ1) is 11.2. The highest BCUT2D eigenvalue weighted by Crippen LogP contribution is 2.35. The minimum absolute atomic E-state index is 0.465. The Morgan fingerprint density at radius 2 is 1.87 bits per heavy atom. The molecular formula is C21H27NO. The lowest BCUT2D eigenvalue weighted by atomic mass is 9.92. The van der Waals surface area contributed by atoms with Crippen molar-refractivity contribution in [3.63, 3.8) is 0 Å². The summed E-state index contributed by atoms with van der Waals surface area (Å²) in [6.07, 6.45) is 2.25. The first-order valence-electron chi connectivity index (χ1n) is 8.76. The van der Waals surface area contributed by atoms with Crippen molar-refractivity contribution in [2.24, 2.45) is 0 Å². The van der Waals surface area contributed by atoms with Gasteiger partial charge in [0.05, 0.1) is 0 Å². The molecule has 3 rings (SSSR count). The summed E-state index contributed by atoms with van der Waals surface area (Å²) in [4.78, 5) is 2.59. The predicted octanol–water partition coefficient (Wildman–Crippen LogP) is 4.78. The van der Waals surface area contributed by atoms with Crippen molar-refractivity contribution in [2.45, 2.75) is 45.7 Å². The van der Waals surface area contributed by atoms with Crippen LogP contribution in [0.15, 0.2) is 48.5 Å². The summed E-state index contributed by atoms with van der Waals surface area (Å²) in [6.45, 7) is 8.75. The number of nitrogens with zero attached hydrogens (tertiary/aromatic N) is 1. The maximum absolute atomic E-state index is 6.13. The number of rotatable bonds is 5. The molecule has 0 bridgehead atoms. The molecule has 1 heterocycles. The third-order valence-corrected chi connectivity index (χ3v) is 4.70. The first kappa shape index (κ1) is 16.1. The molecule has 0 spiro atoms. The van der Waals surface area contributed by atoms with E-state index in [0.29, 0.717) is 12.1 Å². The van der Waals surface area contributed by atoms with E-state index in [0.717, 1.165) is 25.3 Å². The zero-order chi connectivity index (χ0) is 16.2. The minimum atomic E-state index is 0.465. The average molecular weight is 309 g/mol. The van der Waals surface area contributed by atoms with Gasteiger partial charge in [-0.05, 0) is 50.4 Å². The fraction of sp³-hybridized carbons (Fsp3) is 0.429. The lowest BCUT2D eigenvalue weighted by molar-refractivity contribution is 0.0927. The van der Waals surface area contributed by atoms with Gasteiger partial charge in [0.1, 0.15) is 12.4 Å². The summed E-state index contributed by atoms with van der Waals surface area (Å²) in [7, 11) is 0. The molecule has 0 radical (unpaired) electrons. The van der Waals surface area contributed by atoms with Gasteiger partial charge in [-0.3, -0.25) is 4.90 Å². The molecule has 1 aliphatic heterocycles. The smallest absolute Gasteiger partial charge is 0.123 e. The molecule has 2 nitrogen and oxygen atoms in total. The second-order valence-electron chi connectivity index (χ2n) is 6.65. The molecule has 0 saturated carbocycles. The van der Waals surface area contributed by atoms with Crippen LogP contribution >= 0.6 is 0 Å². The first-order valence-corrected chi connectivity index (χ1v) is 8.76. The largest absolute Gasteiger partial charge is 0.492 e. The van der Waals surface area contributed by atoms with E-state index in [1.165, 1.54) is 23.1 Å². The standard InChI is InChI=1S/C21H27NO/c1-4-13-22(16(2)3)18-14-20-19(17-9-6-5-7-10-17)11-8-12-21(20)23-15-18/h5-12,16,18H,4,13-15H2,1-3H3. The van der Waals surface area contributed by atoms with Crippen molar-refractivity contribution in [2.75, 3.05) is 13.2 Å². The Bertz CT molecular complexity index is 636. The normalized spacial score (nSPS) is 17.2. The van der Waals surface area contributed by atoms with Gasteiger partial charge in [0.2, 0.25) is 0 Å². The monoisotopic (exact) mass is 309 g/mol. The Labute approximate surface area is 140 Å². The van der Waals surface area contributed by atoms with Crippen molar-refractivity contribution in [1.29, 1.82) is 0 Å². The third kappa shape index (κ3) is 3.42. The molecule has 122 valence electrons. The van der Waals surface area contributed by atoms with Crippen LogP contribution in [0.25, 0.3) is 11.1 Å². The lowest BCUT2D eigenvalue weighted by Gasteiger charge is -2.38. The summed E-state index contributed by atoms with van der Waals surface area (Å²) in [5, 5.41) is 0. The Morgan fingerprint density at radius 3 is 2.57 bits per heavy atom. The Kier molecular flexibility index (Phi) is 5.02. The summed E-state index contributed by atoms with van der Waals surface area (Å²) >= 11 is 0. The quantitative estimate of drug-likeness (QED) is 0.788. The van der Waals surface area contributed by atoms with Gasteiger partial charge >= 0.3 is 0 Å². The van der Waals surface area contributed by atoms with E-state index < -0.39 is 0 Å². The molecule has 1 aliphatic rings. The van der Waals surface area contributed by atoms with Gasteiger partial charge in [0.25, 0.3) is 0 Å².